The second-order valence-corrected chi connectivity index (χ2v) is 3.95. The van der Waals surface area contributed by atoms with Crippen LogP contribution in [0.5, 0.6) is 5.75 Å². The van der Waals surface area contributed by atoms with Gasteiger partial charge in [-0.25, -0.2) is 0 Å². The molecule has 0 aromatic heterocycles. The second kappa shape index (κ2) is 4.01. The Labute approximate surface area is 85.3 Å². The summed E-state index contributed by atoms with van der Waals surface area (Å²) in [5.41, 5.74) is 2.69. The summed E-state index contributed by atoms with van der Waals surface area (Å²) in [4.78, 5) is 0. The van der Waals surface area contributed by atoms with Crippen molar-refractivity contribution in [3.63, 3.8) is 0 Å². The fraction of sp³-hybridized carbons (Fsp3) is 0.500. The lowest BCUT2D eigenvalue weighted by Crippen LogP contribution is -2.20. The molecular formula is C12H17NO. The van der Waals surface area contributed by atoms with Crippen molar-refractivity contribution in [3.05, 3.63) is 29.3 Å². The van der Waals surface area contributed by atoms with Crippen molar-refractivity contribution in [3.8, 4) is 5.75 Å². The van der Waals surface area contributed by atoms with Gasteiger partial charge in [0.25, 0.3) is 0 Å². The average Bonchev–Trinajstić information content (AvgIpc) is 2.56. The molecule has 0 spiro atoms. The molecule has 0 aliphatic carbocycles. The molecule has 1 aromatic carbocycles. The van der Waals surface area contributed by atoms with Crippen LogP contribution < -0.4 is 10.1 Å². The van der Waals surface area contributed by atoms with E-state index in [1.165, 1.54) is 11.1 Å². The third-order valence-corrected chi connectivity index (χ3v) is 2.67. The number of hydrogen-bond acceptors (Lipinski definition) is 2. The highest BCUT2D eigenvalue weighted by Crippen LogP contribution is 2.30. The van der Waals surface area contributed by atoms with Crippen molar-refractivity contribution in [2.45, 2.75) is 25.9 Å². The molecule has 14 heavy (non-hydrogen) atoms. The molecule has 1 aliphatic rings. The molecule has 1 heterocycles. The molecule has 1 aromatic rings. The van der Waals surface area contributed by atoms with Crippen molar-refractivity contribution >= 4 is 0 Å². The van der Waals surface area contributed by atoms with Crippen LogP contribution in [0.2, 0.25) is 0 Å². The first kappa shape index (κ1) is 9.53. The number of aryl methyl sites for hydroxylation is 1. The Hall–Kier alpha value is -1.02. The molecule has 0 bridgehead atoms. The minimum Gasteiger partial charge on any atom is -0.490 e. The van der Waals surface area contributed by atoms with Gasteiger partial charge in [-0.2, -0.15) is 0 Å². The van der Waals surface area contributed by atoms with E-state index in [0.29, 0.717) is 6.10 Å². The number of fused-ring (bicyclic) bond motifs is 1. The first-order valence-electron chi connectivity index (χ1n) is 5.20. The Balaban J connectivity index is 2.03. The van der Waals surface area contributed by atoms with Crippen LogP contribution >= 0.6 is 0 Å². The maximum Gasteiger partial charge on any atom is 0.123 e. The maximum atomic E-state index is 5.82. The Morgan fingerprint density at radius 2 is 2.36 bits per heavy atom. The number of hydrogen-bond donors (Lipinski definition) is 1. The Bertz CT molecular complexity index is 322. The summed E-state index contributed by atoms with van der Waals surface area (Å²) >= 11 is 0. The van der Waals surface area contributed by atoms with Crippen molar-refractivity contribution in [2.75, 3.05) is 13.6 Å². The lowest BCUT2D eigenvalue weighted by Gasteiger charge is -2.09. The van der Waals surface area contributed by atoms with E-state index in [2.05, 4.69) is 30.4 Å². The number of rotatable bonds is 3. The monoisotopic (exact) mass is 191 g/mol. The van der Waals surface area contributed by atoms with Crippen LogP contribution in [-0.4, -0.2) is 19.7 Å². The third-order valence-electron chi connectivity index (χ3n) is 2.67. The minimum atomic E-state index is 0.374. The summed E-state index contributed by atoms with van der Waals surface area (Å²) in [6, 6.07) is 6.43. The predicted octanol–water partition coefficient (Wildman–Crippen LogP) is 1.91. The highest BCUT2D eigenvalue weighted by atomic mass is 16.5. The third kappa shape index (κ3) is 1.90. The van der Waals surface area contributed by atoms with Gasteiger partial charge < -0.3 is 10.1 Å². The highest BCUT2D eigenvalue weighted by Gasteiger charge is 2.21. The summed E-state index contributed by atoms with van der Waals surface area (Å²) in [7, 11) is 1.98. The van der Waals surface area contributed by atoms with Gasteiger partial charge >= 0.3 is 0 Å². The summed E-state index contributed by atoms with van der Waals surface area (Å²) in [5.74, 6) is 1.08. The Morgan fingerprint density at radius 3 is 3.14 bits per heavy atom. The summed E-state index contributed by atoms with van der Waals surface area (Å²) < 4.78 is 5.82. The van der Waals surface area contributed by atoms with Gasteiger partial charge in [0.1, 0.15) is 11.9 Å². The first-order chi connectivity index (χ1) is 6.79. The van der Waals surface area contributed by atoms with E-state index in [1.54, 1.807) is 0 Å². The Kier molecular flexibility index (Phi) is 2.73. The minimum absolute atomic E-state index is 0.374. The average molecular weight is 191 g/mol. The van der Waals surface area contributed by atoms with Gasteiger partial charge in [-0.15, -0.1) is 0 Å². The van der Waals surface area contributed by atoms with Gasteiger partial charge in [-0.3, -0.25) is 0 Å². The molecule has 2 heteroatoms. The van der Waals surface area contributed by atoms with E-state index < -0.39 is 0 Å². The van der Waals surface area contributed by atoms with Crippen LogP contribution in [0.3, 0.4) is 0 Å². The second-order valence-electron chi connectivity index (χ2n) is 3.95. The topological polar surface area (TPSA) is 21.3 Å². The van der Waals surface area contributed by atoms with Crippen LogP contribution in [0.15, 0.2) is 18.2 Å². The molecule has 76 valence electrons. The molecular weight excluding hydrogens is 174 g/mol. The van der Waals surface area contributed by atoms with Gasteiger partial charge in [0.15, 0.2) is 0 Å². The molecule has 2 nitrogen and oxygen atoms in total. The maximum absolute atomic E-state index is 5.82. The van der Waals surface area contributed by atoms with E-state index in [0.717, 1.165) is 25.1 Å². The predicted molar refractivity (Wildman–Crippen MR) is 57.8 cm³/mol. The molecule has 0 saturated heterocycles. The van der Waals surface area contributed by atoms with Crippen LogP contribution in [-0.2, 0) is 6.42 Å². The molecule has 0 radical (unpaired) electrons. The molecule has 0 saturated carbocycles. The van der Waals surface area contributed by atoms with E-state index >= 15 is 0 Å². The largest absolute Gasteiger partial charge is 0.490 e. The van der Waals surface area contributed by atoms with E-state index in [-0.39, 0.29) is 0 Å². The van der Waals surface area contributed by atoms with Gasteiger partial charge in [-0.1, -0.05) is 17.7 Å². The zero-order chi connectivity index (χ0) is 9.97. The lowest BCUT2D eigenvalue weighted by molar-refractivity contribution is 0.221. The van der Waals surface area contributed by atoms with Crippen LogP contribution in [0.25, 0.3) is 0 Å². The fourth-order valence-electron chi connectivity index (χ4n) is 1.92. The normalized spacial score (nSPS) is 19.1. The first-order valence-corrected chi connectivity index (χ1v) is 5.20. The number of benzene rings is 1. The smallest absolute Gasteiger partial charge is 0.123 e. The standard InChI is InChI=1S/C12H17NO/c1-9-3-4-12-10(7-9)8-11(14-12)5-6-13-2/h3-4,7,11,13H,5-6,8H2,1-2H3. The van der Waals surface area contributed by atoms with Gasteiger partial charge in [0, 0.05) is 6.42 Å². The molecule has 0 amide bonds. The molecule has 0 fully saturated rings. The van der Waals surface area contributed by atoms with Gasteiger partial charge in [0.2, 0.25) is 0 Å². The van der Waals surface area contributed by atoms with Gasteiger partial charge in [-0.05, 0) is 38.6 Å². The summed E-state index contributed by atoms with van der Waals surface area (Å²) in [5, 5.41) is 3.15. The van der Waals surface area contributed by atoms with Crippen molar-refractivity contribution in [1.29, 1.82) is 0 Å². The number of ether oxygens (including phenoxy) is 1. The zero-order valence-electron chi connectivity index (χ0n) is 8.84. The zero-order valence-corrected chi connectivity index (χ0v) is 8.84. The van der Waals surface area contributed by atoms with Crippen molar-refractivity contribution < 1.29 is 4.74 Å². The van der Waals surface area contributed by atoms with Gasteiger partial charge in [0.05, 0.1) is 0 Å². The fourth-order valence-corrected chi connectivity index (χ4v) is 1.92. The number of nitrogens with one attached hydrogen (secondary N) is 1. The quantitative estimate of drug-likeness (QED) is 0.788. The molecule has 1 aliphatic heterocycles. The SMILES string of the molecule is CNCCC1Cc2cc(C)ccc2O1. The van der Waals surface area contributed by atoms with Crippen molar-refractivity contribution in [1.82, 2.24) is 5.32 Å². The highest BCUT2D eigenvalue weighted by molar-refractivity contribution is 5.40. The lowest BCUT2D eigenvalue weighted by atomic mass is 10.1. The van der Waals surface area contributed by atoms with Crippen molar-refractivity contribution in [2.24, 2.45) is 0 Å². The van der Waals surface area contributed by atoms with E-state index in [9.17, 15) is 0 Å². The van der Waals surface area contributed by atoms with E-state index in [4.69, 9.17) is 4.74 Å². The summed E-state index contributed by atoms with van der Waals surface area (Å²) in [6.07, 6.45) is 2.53. The Morgan fingerprint density at radius 1 is 1.50 bits per heavy atom. The summed E-state index contributed by atoms with van der Waals surface area (Å²) in [6.45, 7) is 3.15. The van der Waals surface area contributed by atoms with Crippen LogP contribution in [0.4, 0.5) is 0 Å². The molecule has 2 rings (SSSR count). The van der Waals surface area contributed by atoms with Crippen LogP contribution in [0, 0.1) is 6.92 Å². The molecule has 1 unspecified atom stereocenters. The molecule has 1 atom stereocenters. The van der Waals surface area contributed by atoms with Crippen LogP contribution in [0.1, 0.15) is 17.5 Å². The molecule has 1 N–H and O–H groups in total. The van der Waals surface area contributed by atoms with E-state index in [1.807, 2.05) is 7.05 Å².